The van der Waals surface area contributed by atoms with Crippen LogP contribution < -0.4 is 5.73 Å². The van der Waals surface area contributed by atoms with Crippen LogP contribution in [0.15, 0.2) is 41.4 Å². The van der Waals surface area contributed by atoms with Crippen LogP contribution >= 0.6 is 0 Å². The molecule has 0 bridgehead atoms. The van der Waals surface area contributed by atoms with E-state index >= 15 is 0 Å². The van der Waals surface area contributed by atoms with Gasteiger partial charge in [-0.15, -0.1) is 0 Å². The molecule has 0 atom stereocenters. The highest BCUT2D eigenvalue weighted by Gasteiger charge is 2.27. The zero-order valence-electron chi connectivity index (χ0n) is 11.5. The lowest BCUT2D eigenvalue weighted by atomic mass is 10.2. The summed E-state index contributed by atoms with van der Waals surface area (Å²) in [6.07, 6.45) is 1.43. The normalized spacial score (nSPS) is 11.9. The summed E-state index contributed by atoms with van der Waals surface area (Å²) in [5.74, 6) is 0.0269. The zero-order valence-corrected chi connectivity index (χ0v) is 12.3. The quantitative estimate of drug-likeness (QED) is 0.899. The molecule has 7 heteroatoms. The number of hydrogen-bond donors (Lipinski definition) is 1. The Morgan fingerprint density at radius 1 is 1.30 bits per heavy atom. The number of benzene rings is 1. The third-order valence-corrected chi connectivity index (χ3v) is 4.93. The summed E-state index contributed by atoms with van der Waals surface area (Å²) in [4.78, 5) is 0.0535. The van der Waals surface area contributed by atoms with Gasteiger partial charge in [-0.05, 0) is 5.56 Å². The van der Waals surface area contributed by atoms with Crippen LogP contribution in [0.2, 0.25) is 0 Å². The molecular weight excluding hydrogens is 276 g/mol. The van der Waals surface area contributed by atoms with E-state index in [0.29, 0.717) is 13.1 Å². The number of anilines is 1. The number of nitrogen functional groups attached to an aromatic ring is 1. The second kappa shape index (κ2) is 5.64. The van der Waals surface area contributed by atoms with E-state index in [2.05, 4.69) is 5.10 Å². The van der Waals surface area contributed by atoms with E-state index < -0.39 is 10.0 Å². The minimum absolute atomic E-state index is 0.0269. The molecule has 20 heavy (non-hydrogen) atoms. The van der Waals surface area contributed by atoms with Crippen molar-refractivity contribution in [3.8, 4) is 0 Å². The molecule has 2 rings (SSSR count). The van der Waals surface area contributed by atoms with E-state index in [-0.39, 0.29) is 10.7 Å². The number of aryl methyl sites for hydroxylation is 1. The van der Waals surface area contributed by atoms with Crippen molar-refractivity contribution in [3.63, 3.8) is 0 Å². The molecule has 0 unspecified atom stereocenters. The van der Waals surface area contributed by atoms with Gasteiger partial charge in [0.2, 0.25) is 10.0 Å². The highest BCUT2D eigenvalue weighted by molar-refractivity contribution is 7.89. The summed E-state index contributed by atoms with van der Waals surface area (Å²) < 4.78 is 28.0. The Balaban J connectivity index is 2.33. The van der Waals surface area contributed by atoms with Crippen molar-refractivity contribution in [2.24, 2.45) is 7.05 Å². The molecule has 1 aromatic heterocycles. The van der Waals surface area contributed by atoms with Gasteiger partial charge >= 0.3 is 0 Å². The van der Waals surface area contributed by atoms with E-state index in [4.69, 9.17) is 5.73 Å². The van der Waals surface area contributed by atoms with Crippen molar-refractivity contribution in [1.82, 2.24) is 14.1 Å². The summed E-state index contributed by atoms with van der Waals surface area (Å²) in [5, 5.41) is 3.89. The lowest BCUT2D eigenvalue weighted by Gasteiger charge is -2.19. The SMILES string of the molecule is CCN(Cc1ccccc1)S(=O)(=O)c1cn(C)nc1N. The summed E-state index contributed by atoms with van der Waals surface area (Å²) in [7, 11) is -1.99. The first-order valence-electron chi connectivity index (χ1n) is 6.28. The molecule has 2 aromatic rings. The third-order valence-electron chi connectivity index (χ3n) is 2.99. The molecule has 0 aliphatic rings. The molecule has 6 nitrogen and oxygen atoms in total. The number of rotatable bonds is 5. The number of nitrogens with two attached hydrogens (primary N) is 1. The number of aromatic nitrogens is 2. The molecule has 0 aliphatic carbocycles. The molecule has 108 valence electrons. The summed E-state index contributed by atoms with van der Waals surface area (Å²) in [6.45, 7) is 2.48. The Hall–Kier alpha value is -1.86. The average Bonchev–Trinajstić information content (AvgIpc) is 2.76. The Morgan fingerprint density at radius 3 is 2.45 bits per heavy atom. The standard InChI is InChI=1S/C13H18N4O2S/c1-3-17(9-11-7-5-4-6-8-11)20(18,19)12-10-16(2)15-13(12)14/h4-8,10H,3,9H2,1-2H3,(H2,14,15). The number of sulfonamides is 1. The molecule has 0 saturated heterocycles. The maximum Gasteiger partial charge on any atom is 0.248 e. The second-order valence-electron chi connectivity index (χ2n) is 4.47. The Labute approximate surface area is 118 Å². The van der Waals surface area contributed by atoms with E-state index in [0.717, 1.165) is 5.56 Å². The maximum absolute atomic E-state index is 12.6. The van der Waals surface area contributed by atoms with Crippen LogP contribution in [0.3, 0.4) is 0 Å². The highest BCUT2D eigenvalue weighted by Crippen LogP contribution is 2.22. The monoisotopic (exact) mass is 294 g/mol. The van der Waals surface area contributed by atoms with Gasteiger partial charge in [0.25, 0.3) is 0 Å². The smallest absolute Gasteiger partial charge is 0.248 e. The predicted molar refractivity (Wildman–Crippen MR) is 77.3 cm³/mol. The molecule has 2 N–H and O–H groups in total. The first-order valence-corrected chi connectivity index (χ1v) is 7.72. The van der Waals surface area contributed by atoms with Crippen LogP contribution in [0.5, 0.6) is 0 Å². The topological polar surface area (TPSA) is 81.2 Å². The lowest BCUT2D eigenvalue weighted by Crippen LogP contribution is -2.30. The molecule has 0 fully saturated rings. The summed E-state index contributed by atoms with van der Waals surface area (Å²) >= 11 is 0. The van der Waals surface area contributed by atoms with Gasteiger partial charge in [0.05, 0.1) is 0 Å². The fraction of sp³-hybridized carbons (Fsp3) is 0.308. The number of hydrogen-bond acceptors (Lipinski definition) is 4. The highest BCUT2D eigenvalue weighted by atomic mass is 32.2. The Kier molecular flexibility index (Phi) is 4.10. The molecular formula is C13H18N4O2S. The Bertz CT molecular complexity index is 680. The van der Waals surface area contributed by atoms with Gasteiger partial charge in [-0.25, -0.2) is 8.42 Å². The molecule has 0 saturated carbocycles. The van der Waals surface area contributed by atoms with Gasteiger partial charge < -0.3 is 5.73 Å². The van der Waals surface area contributed by atoms with Crippen molar-refractivity contribution in [2.75, 3.05) is 12.3 Å². The predicted octanol–water partition coefficient (Wildman–Crippen LogP) is 1.21. The van der Waals surface area contributed by atoms with Crippen LogP contribution in [-0.2, 0) is 23.6 Å². The van der Waals surface area contributed by atoms with Crippen LogP contribution in [0, 0.1) is 0 Å². The van der Waals surface area contributed by atoms with Crippen molar-refractivity contribution >= 4 is 15.8 Å². The molecule has 1 aromatic carbocycles. The van der Waals surface area contributed by atoms with Crippen molar-refractivity contribution in [1.29, 1.82) is 0 Å². The van der Waals surface area contributed by atoms with Crippen LogP contribution in [0.1, 0.15) is 12.5 Å². The lowest BCUT2D eigenvalue weighted by molar-refractivity contribution is 0.423. The first kappa shape index (κ1) is 14.5. The van der Waals surface area contributed by atoms with E-state index in [1.807, 2.05) is 30.3 Å². The van der Waals surface area contributed by atoms with Crippen molar-refractivity contribution in [2.45, 2.75) is 18.4 Å². The van der Waals surface area contributed by atoms with Gasteiger partial charge in [0.15, 0.2) is 5.82 Å². The van der Waals surface area contributed by atoms with E-state index in [1.54, 1.807) is 14.0 Å². The summed E-state index contributed by atoms with van der Waals surface area (Å²) in [5.41, 5.74) is 6.61. The second-order valence-corrected chi connectivity index (χ2v) is 6.38. The van der Waals surface area contributed by atoms with E-state index in [9.17, 15) is 8.42 Å². The van der Waals surface area contributed by atoms with Crippen LogP contribution in [0.4, 0.5) is 5.82 Å². The van der Waals surface area contributed by atoms with E-state index in [1.165, 1.54) is 15.2 Å². The van der Waals surface area contributed by atoms with Gasteiger partial charge in [-0.3, -0.25) is 4.68 Å². The largest absolute Gasteiger partial charge is 0.381 e. The average molecular weight is 294 g/mol. The molecule has 0 aliphatic heterocycles. The van der Waals surface area contributed by atoms with Gasteiger partial charge in [-0.1, -0.05) is 37.3 Å². The van der Waals surface area contributed by atoms with Gasteiger partial charge in [0, 0.05) is 26.3 Å². The minimum atomic E-state index is -3.63. The summed E-state index contributed by atoms with van der Waals surface area (Å²) in [6, 6.07) is 9.45. The first-order chi connectivity index (χ1) is 9.45. The Morgan fingerprint density at radius 2 is 1.95 bits per heavy atom. The van der Waals surface area contributed by atoms with Crippen molar-refractivity contribution < 1.29 is 8.42 Å². The fourth-order valence-corrected chi connectivity index (χ4v) is 3.50. The van der Waals surface area contributed by atoms with Crippen LogP contribution in [0.25, 0.3) is 0 Å². The fourth-order valence-electron chi connectivity index (χ4n) is 1.98. The third kappa shape index (κ3) is 2.83. The van der Waals surface area contributed by atoms with Crippen molar-refractivity contribution in [3.05, 3.63) is 42.1 Å². The van der Waals surface area contributed by atoms with Gasteiger partial charge in [-0.2, -0.15) is 9.40 Å². The maximum atomic E-state index is 12.6. The number of nitrogens with zero attached hydrogens (tertiary/aromatic N) is 3. The molecule has 1 heterocycles. The molecule has 0 amide bonds. The molecule has 0 radical (unpaired) electrons. The minimum Gasteiger partial charge on any atom is -0.381 e. The molecule has 0 spiro atoms. The zero-order chi connectivity index (χ0) is 14.8. The van der Waals surface area contributed by atoms with Gasteiger partial charge in [0.1, 0.15) is 4.90 Å². The van der Waals surface area contributed by atoms with Crippen LogP contribution in [-0.4, -0.2) is 29.0 Å².